The number of carbonyl (C=O) groups is 4. The van der Waals surface area contributed by atoms with E-state index in [0.717, 1.165) is 28.7 Å². The maximum Gasteiger partial charge on any atom is 0.431 e. The molecule has 0 bridgehead atoms. The number of quaternary nitrogens is 1. The molecule has 3 aliphatic heterocycles. The quantitative estimate of drug-likeness (QED) is 0.168. The number of urea groups is 1. The van der Waals surface area contributed by atoms with Gasteiger partial charge in [0.25, 0.3) is 5.91 Å². The molecule has 270 valence electrons. The van der Waals surface area contributed by atoms with Crippen LogP contribution < -0.4 is 5.32 Å². The van der Waals surface area contributed by atoms with Crippen molar-refractivity contribution in [2.75, 3.05) is 27.4 Å². The smallest absolute Gasteiger partial charge is 0.394 e. The van der Waals surface area contributed by atoms with Crippen molar-refractivity contribution in [1.82, 2.24) is 10.4 Å². The van der Waals surface area contributed by atoms with Crippen LogP contribution in [0.1, 0.15) is 37.8 Å². The van der Waals surface area contributed by atoms with Gasteiger partial charge in [-0.25, -0.2) is 10.1 Å². The predicted molar refractivity (Wildman–Crippen MR) is 178 cm³/mol. The number of nitrogens with zero attached hydrogens (tertiary/aromatic N) is 2. The Morgan fingerprint density at radius 2 is 1.69 bits per heavy atom. The summed E-state index contributed by atoms with van der Waals surface area (Å²) >= 11 is 0. The lowest BCUT2D eigenvalue weighted by Crippen LogP contribution is -2.82. The summed E-state index contributed by atoms with van der Waals surface area (Å²) in [7, 11) is 3.11. The number of amides is 4. The largest absolute Gasteiger partial charge is 0.431 e. The molecule has 14 nitrogen and oxygen atoms in total. The number of imide groups is 1. The normalized spacial score (nSPS) is 28.9. The third kappa shape index (κ3) is 6.12. The van der Waals surface area contributed by atoms with Crippen molar-refractivity contribution in [3.63, 3.8) is 0 Å². The van der Waals surface area contributed by atoms with Crippen molar-refractivity contribution in [3.8, 4) is 0 Å². The number of hydroxylamine groups is 2. The lowest BCUT2D eigenvalue weighted by molar-refractivity contribution is -0.876. The van der Waals surface area contributed by atoms with Crippen LogP contribution in [0.2, 0.25) is 0 Å². The van der Waals surface area contributed by atoms with E-state index in [1.807, 2.05) is 72.8 Å². The predicted octanol–water partition coefficient (Wildman–Crippen LogP) is 2.32. The number of methoxy groups -OCH3 is 2. The summed E-state index contributed by atoms with van der Waals surface area (Å²) in [6, 6.07) is 15.6. The molecule has 2 fully saturated rings. The van der Waals surface area contributed by atoms with E-state index in [9.17, 15) is 29.4 Å². The van der Waals surface area contributed by atoms with Gasteiger partial charge in [0.05, 0.1) is 31.3 Å². The van der Waals surface area contributed by atoms with E-state index in [1.54, 1.807) is 20.3 Å². The molecule has 2 aromatic rings. The molecule has 51 heavy (non-hydrogen) atoms. The van der Waals surface area contributed by atoms with E-state index in [4.69, 9.17) is 23.8 Å². The van der Waals surface area contributed by atoms with Gasteiger partial charge in [0.2, 0.25) is 12.3 Å². The SMILES string of the molecule is COC1(OC)C=CC(C(OCC2C([N+]3([C@H]4C[C@H](O)[C@@H](CO)O4)C=C(C)C(=O)NC3=O)C(=O)N2OC(C)=O)(c2ccccc2)c2ccccc2)=CC1. The maximum atomic E-state index is 14.1. The minimum atomic E-state index is -1.34. The number of carbonyl (C=O) groups excluding carboxylic acids is 4. The average Bonchev–Trinajstić information content (AvgIpc) is 3.54. The first-order chi connectivity index (χ1) is 24.5. The fourth-order valence-electron chi connectivity index (χ4n) is 7.42. The molecule has 6 rings (SSSR count). The number of hydrogen-bond acceptors (Lipinski definition) is 11. The zero-order valence-electron chi connectivity index (χ0n) is 28.8. The van der Waals surface area contributed by atoms with Crippen molar-refractivity contribution < 1.29 is 57.7 Å². The number of benzene rings is 2. The van der Waals surface area contributed by atoms with Crippen LogP contribution in [0, 0.1) is 0 Å². The number of hydrogen-bond donors (Lipinski definition) is 3. The standard InChI is InChI=1S/C37H41N3O11/c1-23-20-40(35(46)38-33(23)44,31-19-29(43)30(21-41)50-31)32-28(39(34(32)45)51-24(2)42)22-49-37(25-11-7-5-8-12-25,26-13-9-6-10-14-26)27-15-17-36(47-3,48-4)18-16-27/h5-17,20,28-32,41,43H,18-19,21-22H2,1-4H3/p+1/t28?,29-,30+,31+,32?,40?/m0/s1. The molecule has 0 radical (unpaired) electrons. The van der Waals surface area contributed by atoms with Crippen LogP contribution in [-0.4, -0.2) is 107 Å². The zero-order valence-corrected chi connectivity index (χ0v) is 28.8. The van der Waals surface area contributed by atoms with Crippen LogP contribution in [0.5, 0.6) is 0 Å². The van der Waals surface area contributed by atoms with Gasteiger partial charge in [-0.3, -0.25) is 14.4 Å². The Balaban J connectivity index is 1.48. The van der Waals surface area contributed by atoms with E-state index in [0.29, 0.717) is 6.42 Å². The molecule has 14 heteroatoms. The first-order valence-corrected chi connectivity index (χ1v) is 16.6. The van der Waals surface area contributed by atoms with Crippen molar-refractivity contribution in [1.29, 1.82) is 0 Å². The molecule has 1 aliphatic carbocycles. The molecule has 3 N–H and O–H groups in total. The van der Waals surface area contributed by atoms with Crippen molar-refractivity contribution >= 4 is 23.8 Å². The van der Waals surface area contributed by atoms with E-state index >= 15 is 0 Å². The average molecular weight is 705 g/mol. The Morgan fingerprint density at radius 3 is 2.20 bits per heavy atom. The van der Waals surface area contributed by atoms with Gasteiger partial charge in [0.1, 0.15) is 17.9 Å². The molecule has 2 aromatic carbocycles. The van der Waals surface area contributed by atoms with Gasteiger partial charge >= 0.3 is 17.9 Å². The fraction of sp³-hybridized carbons (Fsp3) is 0.405. The Kier molecular flexibility index (Phi) is 10.1. The number of nitrogens with one attached hydrogen (secondary N) is 1. The van der Waals surface area contributed by atoms with Crippen molar-refractivity contribution in [3.05, 3.63) is 107 Å². The molecule has 0 aromatic heterocycles. The second kappa shape index (κ2) is 14.2. The highest BCUT2D eigenvalue weighted by molar-refractivity contribution is 6.04. The highest BCUT2D eigenvalue weighted by atomic mass is 16.7. The minimum Gasteiger partial charge on any atom is -0.394 e. The van der Waals surface area contributed by atoms with Crippen LogP contribution in [0.3, 0.4) is 0 Å². The topological polar surface area (TPSA) is 170 Å². The van der Waals surface area contributed by atoms with E-state index in [-0.39, 0.29) is 18.6 Å². The molecule has 4 aliphatic rings. The van der Waals surface area contributed by atoms with Gasteiger partial charge in [-0.2, -0.15) is 9.55 Å². The summed E-state index contributed by atoms with van der Waals surface area (Å²) in [5.41, 5.74) is 1.02. The third-order valence-electron chi connectivity index (χ3n) is 10.1. The van der Waals surface area contributed by atoms with Gasteiger partial charge in [0.15, 0.2) is 11.8 Å². The molecule has 0 spiro atoms. The summed E-state index contributed by atoms with van der Waals surface area (Å²) in [6.07, 6.45) is 3.75. The summed E-state index contributed by atoms with van der Waals surface area (Å²) < 4.78 is 23.5. The second-order valence-corrected chi connectivity index (χ2v) is 12.9. The van der Waals surface area contributed by atoms with E-state index < -0.39 is 76.8 Å². The Hall–Kier alpha value is -4.54. The van der Waals surface area contributed by atoms with Crippen LogP contribution in [0.4, 0.5) is 4.79 Å². The van der Waals surface area contributed by atoms with Crippen LogP contribution in [0.25, 0.3) is 0 Å². The molecule has 0 saturated carbocycles. The minimum absolute atomic E-state index is 0.124. The number of aliphatic hydroxyl groups excluding tert-OH is 2. The van der Waals surface area contributed by atoms with Gasteiger partial charge in [-0.05, 0) is 29.7 Å². The van der Waals surface area contributed by atoms with Crippen molar-refractivity contribution in [2.45, 2.75) is 68.6 Å². The van der Waals surface area contributed by atoms with Gasteiger partial charge in [0, 0.05) is 27.6 Å². The Morgan fingerprint density at radius 1 is 1.06 bits per heavy atom. The Labute approximate surface area is 295 Å². The highest BCUT2D eigenvalue weighted by Gasteiger charge is 2.70. The maximum absolute atomic E-state index is 14.1. The fourth-order valence-corrected chi connectivity index (χ4v) is 7.42. The van der Waals surface area contributed by atoms with Gasteiger partial charge in [-0.15, -0.1) is 0 Å². The third-order valence-corrected chi connectivity index (χ3v) is 10.1. The summed E-state index contributed by atoms with van der Waals surface area (Å²) in [6.45, 7) is 1.80. The number of aliphatic hydroxyl groups is 2. The Bertz CT molecular complexity index is 1720. The number of rotatable bonds is 12. The molecule has 3 unspecified atom stereocenters. The molecular weight excluding hydrogens is 662 g/mol. The van der Waals surface area contributed by atoms with Crippen LogP contribution >= 0.6 is 0 Å². The van der Waals surface area contributed by atoms with E-state index in [2.05, 4.69) is 5.32 Å². The second-order valence-electron chi connectivity index (χ2n) is 12.9. The van der Waals surface area contributed by atoms with Gasteiger partial charge in [-0.1, -0.05) is 72.8 Å². The zero-order chi connectivity index (χ0) is 36.6. The van der Waals surface area contributed by atoms with Gasteiger partial charge < -0.3 is 34.0 Å². The molecule has 2 saturated heterocycles. The van der Waals surface area contributed by atoms with E-state index in [1.165, 1.54) is 13.1 Å². The number of β-lactam (4-membered cyclic amide) rings is 1. The van der Waals surface area contributed by atoms with Crippen LogP contribution in [0.15, 0.2) is 96.2 Å². The van der Waals surface area contributed by atoms with Crippen LogP contribution in [-0.2, 0) is 43.8 Å². The number of ether oxygens (including phenoxy) is 4. The van der Waals surface area contributed by atoms with Crippen molar-refractivity contribution in [2.24, 2.45) is 0 Å². The first kappa shape index (κ1) is 36.3. The summed E-state index contributed by atoms with van der Waals surface area (Å²) in [5, 5.41) is 23.8. The summed E-state index contributed by atoms with van der Waals surface area (Å²) in [4.78, 5) is 58.5. The molecule has 6 atom stereocenters. The lowest BCUT2D eigenvalue weighted by Gasteiger charge is -2.53. The summed E-state index contributed by atoms with van der Waals surface area (Å²) in [5.74, 6) is -3.18. The lowest BCUT2D eigenvalue weighted by atomic mass is 9.77. The molecular formula is C37H42N3O11+. The first-order valence-electron chi connectivity index (χ1n) is 16.6. The highest BCUT2D eigenvalue weighted by Crippen LogP contribution is 2.46. The monoisotopic (exact) mass is 704 g/mol. The molecule has 3 heterocycles. The molecule has 4 amide bonds.